The van der Waals surface area contributed by atoms with Gasteiger partial charge in [0.25, 0.3) is 11.8 Å². The lowest BCUT2D eigenvalue weighted by atomic mass is 10.1. The van der Waals surface area contributed by atoms with Crippen LogP contribution in [-0.2, 0) is 11.3 Å². The Kier molecular flexibility index (Phi) is 4.42. The molecule has 0 aliphatic carbocycles. The summed E-state index contributed by atoms with van der Waals surface area (Å²) in [6, 6.07) is 12.5. The number of hydrogen-bond acceptors (Lipinski definition) is 4. The maximum Gasteiger partial charge on any atom is 0.262 e. The Morgan fingerprint density at radius 1 is 1.00 bits per heavy atom. The first kappa shape index (κ1) is 17.0. The number of carbonyl (C=O) groups excluding carboxylic acids is 3. The van der Waals surface area contributed by atoms with Gasteiger partial charge in [0.1, 0.15) is 12.2 Å². The highest BCUT2D eigenvalue weighted by molar-refractivity contribution is 6.22. The molecule has 0 spiro atoms. The summed E-state index contributed by atoms with van der Waals surface area (Å²) in [5, 5.41) is 3.85. The topological polar surface area (TPSA) is 84.3 Å². The fourth-order valence-electron chi connectivity index (χ4n) is 3.26. The summed E-state index contributed by atoms with van der Waals surface area (Å²) in [6.07, 6.45) is 4.44. The van der Waals surface area contributed by atoms with Crippen LogP contribution in [0.2, 0.25) is 0 Å². The van der Waals surface area contributed by atoms with Crippen molar-refractivity contribution in [1.29, 1.82) is 0 Å². The molecule has 1 N–H and O–H groups in total. The van der Waals surface area contributed by atoms with Crippen molar-refractivity contribution in [3.05, 3.63) is 66.0 Å². The van der Waals surface area contributed by atoms with E-state index in [2.05, 4.69) is 10.3 Å². The van der Waals surface area contributed by atoms with E-state index in [9.17, 15) is 14.4 Å². The highest BCUT2D eigenvalue weighted by atomic mass is 16.2. The van der Waals surface area contributed by atoms with E-state index in [-0.39, 0.29) is 12.5 Å². The number of nitrogens with one attached hydrogen (secondary N) is 1. The molecule has 0 unspecified atom stereocenters. The summed E-state index contributed by atoms with van der Waals surface area (Å²) in [6.45, 7) is 0.905. The van der Waals surface area contributed by atoms with Crippen LogP contribution < -0.4 is 5.32 Å². The van der Waals surface area contributed by atoms with Gasteiger partial charge in [0.15, 0.2) is 0 Å². The molecule has 0 atom stereocenters. The molecule has 0 bridgehead atoms. The van der Waals surface area contributed by atoms with Gasteiger partial charge < -0.3 is 9.88 Å². The monoisotopic (exact) mass is 362 g/mol. The second-order valence-corrected chi connectivity index (χ2v) is 6.37. The molecular formula is C20H18N4O3. The Morgan fingerprint density at radius 2 is 1.74 bits per heavy atom. The molecular weight excluding hydrogens is 344 g/mol. The van der Waals surface area contributed by atoms with Crippen molar-refractivity contribution in [3.63, 3.8) is 0 Å². The number of hydrogen-bond donors (Lipinski definition) is 1. The minimum absolute atomic E-state index is 0.264. The maximum atomic E-state index is 12.3. The molecule has 7 heteroatoms. The van der Waals surface area contributed by atoms with E-state index >= 15 is 0 Å². The summed E-state index contributed by atoms with van der Waals surface area (Å²) in [4.78, 5) is 42.0. The zero-order chi connectivity index (χ0) is 18.8. The van der Waals surface area contributed by atoms with E-state index < -0.39 is 11.8 Å². The predicted molar refractivity (Wildman–Crippen MR) is 99.2 cm³/mol. The van der Waals surface area contributed by atoms with Crippen molar-refractivity contribution in [2.24, 2.45) is 0 Å². The van der Waals surface area contributed by atoms with Crippen molar-refractivity contribution < 1.29 is 14.4 Å². The van der Waals surface area contributed by atoms with E-state index in [1.54, 1.807) is 30.5 Å². The van der Waals surface area contributed by atoms with E-state index in [0.717, 1.165) is 15.9 Å². The van der Waals surface area contributed by atoms with Gasteiger partial charge >= 0.3 is 0 Å². The number of imide groups is 1. The van der Waals surface area contributed by atoms with Gasteiger partial charge in [-0.25, -0.2) is 4.98 Å². The molecule has 0 fully saturated rings. The summed E-state index contributed by atoms with van der Waals surface area (Å²) in [5.41, 5.74) is 1.61. The number of aromatic nitrogens is 2. The van der Waals surface area contributed by atoms with Crippen LogP contribution in [-0.4, -0.2) is 45.3 Å². The zero-order valence-corrected chi connectivity index (χ0v) is 14.6. The molecule has 3 amide bonds. The van der Waals surface area contributed by atoms with Gasteiger partial charge in [-0.3, -0.25) is 19.3 Å². The molecule has 0 saturated heterocycles. The summed E-state index contributed by atoms with van der Waals surface area (Å²) >= 11 is 0. The van der Waals surface area contributed by atoms with Crippen LogP contribution >= 0.6 is 0 Å². The lowest BCUT2D eigenvalue weighted by molar-refractivity contribution is -0.121. The number of benzene rings is 1. The van der Waals surface area contributed by atoms with Gasteiger partial charge in [0, 0.05) is 30.9 Å². The summed E-state index contributed by atoms with van der Waals surface area (Å²) in [7, 11) is 0. The molecule has 0 saturated carbocycles. The molecule has 1 aromatic carbocycles. The smallest absolute Gasteiger partial charge is 0.262 e. The standard InChI is InChI=1S/C20H18N4O3/c25-17(13-24-19(26)15-6-1-2-7-16(15)20(24)27)21-10-4-11-23-12-8-14-5-3-9-22-18(14)23/h1-3,5-9,12H,4,10-11,13H2,(H,21,25). The molecule has 2 aromatic heterocycles. The van der Waals surface area contributed by atoms with Gasteiger partial charge in [0.05, 0.1) is 11.1 Å². The molecule has 0 radical (unpaired) electrons. The molecule has 136 valence electrons. The van der Waals surface area contributed by atoms with Crippen LogP contribution in [0.5, 0.6) is 0 Å². The third-order valence-corrected chi connectivity index (χ3v) is 4.60. The van der Waals surface area contributed by atoms with Crippen molar-refractivity contribution in [3.8, 4) is 0 Å². The molecule has 27 heavy (non-hydrogen) atoms. The first-order valence-electron chi connectivity index (χ1n) is 8.77. The normalized spacial score (nSPS) is 13.3. The largest absolute Gasteiger partial charge is 0.354 e. The summed E-state index contributed by atoms with van der Waals surface area (Å²) in [5.74, 6) is -1.19. The summed E-state index contributed by atoms with van der Waals surface area (Å²) < 4.78 is 2.03. The first-order chi connectivity index (χ1) is 13.1. The van der Waals surface area contributed by atoms with Crippen LogP contribution in [0.4, 0.5) is 0 Å². The number of fused-ring (bicyclic) bond motifs is 2. The predicted octanol–water partition coefficient (Wildman–Crippen LogP) is 1.84. The Bertz CT molecular complexity index is 1010. The van der Waals surface area contributed by atoms with E-state index in [0.29, 0.717) is 30.6 Å². The molecule has 7 nitrogen and oxygen atoms in total. The van der Waals surface area contributed by atoms with E-state index in [1.165, 1.54) is 0 Å². The Hall–Kier alpha value is -3.48. The Morgan fingerprint density at radius 3 is 2.48 bits per heavy atom. The fourth-order valence-corrected chi connectivity index (χ4v) is 3.26. The number of nitrogens with zero attached hydrogens (tertiary/aromatic N) is 3. The number of amides is 3. The lowest BCUT2D eigenvalue weighted by Gasteiger charge is -2.13. The van der Waals surface area contributed by atoms with Crippen LogP contribution in [0, 0.1) is 0 Å². The van der Waals surface area contributed by atoms with Crippen LogP contribution in [0.3, 0.4) is 0 Å². The third-order valence-electron chi connectivity index (χ3n) is 4.60. The molecule has 3 heterocycles. The van der Waals surface area contributed by atoms with Gasteiger partial charge in [-0.2, -0.15) is 0 Å². The highest BCUT2D eigenvalue weighted by Gasteiger charge is 2.36. The minimum Gasteiger partial charge on any atom is -0.354 e. The molecule has 3 aromatic rings. The zero-order valence-electron chi connectivity index (χ0n) is 14.6. The second-order valence-electron chi connectivity index (χ2n) is 6.37. The second kappa shape index (κ2) is 7.03. The van der Waals surface area contributed by atoms with Gasteiger partial charge in [-0.1, -0.05) is 12.1 Å². The SMILES string of the molecule is O=C(CN1C(=O)c2ccccc2C1=O)NCCCn1ccc2cccnc21. The van der Waals surface area contributed by atoms with Crippen LogP contribution in [0.15, 0.2) is 54.9 Å². The minimum atomic E-state index is -0.421. The van der Waals surface area contributed by atoms with Gasteiger partial charge in [-0.05, 0) is 36.8 Å². The number of pyridine rings is 1. The number of aryl methyl sites for hydroxylation is 1. The maximum absolute atomic E-state index is 12.3. The Labute approximate surface area is 155 Å². The number of rotatable bonds is 6. The number of carbonyl (C=O) groups is 3. The van der Waals surface area contributed by atoms with Crippen molar-refractivity contribution in [1.82, 2.24) is 19.8 Å². The van der Waals surface area contributed by atoms with Crippen LogP contribution in [0.25, 0.3) is 11.0 Å². The third kappa shape index (κ3) is 3.19. The van der Waals surface area contributed by atoms with Crippen LogP contribution in [0.1, 0.15) is 27.1 Å². The lowest BCUT2D eigenvalue weighted by Crippen LogP contribution is -2.40. The van der Waals surface area contributed by atoms with Crippen molar-refractivity contribution >= 4 is 28.8 Å². The van der Waals surface area contributed by atoms with Gasteiger partial charge in [-0.15, -0.1) is 0 Å². The van der Waals surface area contributed by atoms with Crippen molar-refractivity contribution in [2.75, 3.05) is 13.1 Å². The first-order valence-corrected chi connectivity index (χ1v) is 8.77. The molecule has 4 rings (SSSR count). The molecule has 1 aliphatic heterocycles. The van der Waals surface area contributed by atoms with Gasteiger partial charge in [0.2, 0.25) is 5.91 Å². The molecule has 1 aliphatic rings. The highest BCUT2D eigenvalue weighted by Crippen LogP contribution is 2.21. The van der Waals surface area contributed by atoms with Crippen molar-refractivity contribution in [2.45, 2.75) is 13.0 Å². The fraction of sp³-hybridized carbons (Fsp3) is 0.200. The Balaban J connectivity index is 1.28. The average Bonchev–Trinajstić information content (AvgIpc) is 3.21. The quantitative estimate of drug-likeness (QED) is 0.536. The van der Waals surface area contributed by atoms with E-state index in [1.807, 2.05) is 29.0 Å². The average molecular weight is 362 g/mol. The van der Waals surface area contributed by atoms with E-state index in [4.69, 9.17) is 0 Å².